The molecule has 7 nitrogen and oxygen atoms in total. The van der Waals surface area contributed by atoms with Gasteiger partial charge in [0.25, 0.3) is 0 Å². The summed E-state index contributed by atoms with van der Waals surface area (Å²) in [5, 5.41) is 7.07. The Morgan fingerprint density at radius 2 is 1.91 bits per heavy atom. The van der Waals surface area contributed by atoms with E-state index in [0.29, 0.717) is 12.3 Å². The van der Waals surface area contributed by atoms with Gasteiger partial charge in [0.1, 0.15) is 18.0 Å². The van der Waals surface area contributed by atoms with Gasteiger partial charge in [0.05, 0.1) is 11.4 Å². The molecular formula is C26H27FN6O. The van der Waals surface area contributed by atoms with Gasteiger partial charge in [-0.3, -0.25) is 4.79 Å². The zero-order valence-electron chi connectivity index (χ0n) is 19.2. The van der Waals surface area contributed by atoms with Crippen molar-refractivity contribution in [1.82, 2.24) is 29.5 Å². The van der Waals surface area contributed by atoms with Crippen LogP contribution in [-0.2, 0) is 17.8 Å². The van der Waals surface area contributed by atoms with E-state index in [1.165, 1.54) is 12.1 Å². The topological polar surface area (TPSA) is 77.1 Å². The van der Waals surface area contributed by atoms with Gasteiger partial charge in [0.2, 0.25) is 5.91 Å². The van der Waals surface area contributed by atoms with Gasteiger partial charge in [-0.1, -0.05) is 0 Å². The molecule has 1 aliphatic heterocycles. The second kappa shape index (κ2) is 8.04. The monoisotopic (exact) mass is 458 g/mol. The second-order valence-corrected chi connectivity index (χ2v) is 9.80. The van der Waals surface area contributed by atoms with Crippen LogP contribution >= 0.6 is 0 Å². The zero-order chi connectivity index (χ0) is 23.3. The summed E-state index contributed by atoms with van der Waals surface area (Å²) in [6.07, 6.45) is 9.44. The Kier molecular flexibility index (Phi) is 4.97. The van der Waals surface area contributed by atoms with E-state index in [0.717, 1.165) is 72.6 Å². The van der Waals surface area contributed by atoms with Crippen molar-refractivity contribution < 1.29 is 9.18 Å². The van der Waals surface area contributed by atoms with Gasteiger partial charge in [0, 0.05) is 43.8 Å². The third kappa shape index (κ3) is 3.57. The minimum atomic E-state index is -0.256. The molecule has 6 rings (SSSR count). The van der Waals surface area contributed by atoms with Crippen LogP contribution in [0.1, 0.15) is 37.9 Å². The van der Waals surface area contributed by atoms with Crippen LogP contribution in [0.25, 0.3) is 28.2 Å². The lowest BCUT2D eigenvalue weighted by molar-refractivity contribution is -0.122. The summed E-state index contributed by atoms with van der Waals surface area (Å²) >= 11 is 0. The SMILES string of the molecule is CNC(=O)CC1CCC2(CC1)Cc1nc(-c3ccc(F)cc3)c(-c3ccc4ncnn4c3)n1C2. The number of imidazole rings is 1. The molecule has 34 heavy (non-hydrogen) atoms. The molecule has 0 unspecified atom stereocenters. The number of rotatable bonds is 4. The highest BCUT2D eigenvalue weighted by molar-refractivity contribution is 5.79. The Morgan fingerprint density at radius 1 is 1.15 bits per heavy atom. The lowest BCUT2D eigenvalue weighted by Crippen LogP contribution is -2.31. The van der Waals surface area contributed by atoms with Crippen LogP contribution in [0.2, 0.25) is 0 Å². The summed E-state index contributed by atoms with van der Waals surface area (Å²) in [6.45, 7) is 0.911. The highest BCUT2D eigenvalue weighted by atomic mass is 19.1. The number of pyridine rings is 1. The summed E-state index contributed by atoms with van der Waals surface area (Å²) in [4.78, 5) is 21.2. The van der Waals surface area contributed by atoms with Crippen LogP contribution in [0.5, 0.6) is 0 Å². The van der Waals surface area contributed by atoms with Crippen molar-refractivity contribution in [2.24, 2.45) is 11.3 Å². The van der Waals surface area contributed by atoms with Gasteiger partial charge >= 0.3 is 0 Å². The molecule has 0 atom stereocenters. The van der Waals surface area contributed by atoms with E-state index in [-0.39, 0.29) is 17.1 Å². The molecular weight excluding hydrogens is 431 g/mol. The average molecular weight is 459 g/mol. The van der Waals surface area contributed by atoms with Gasteiger partial charge in [-0.05, 0) is 73.4 Å². The van der Waals surface area contributed by atoms with Crippen LogP contribution in [0, 0.1) is 17.2 Å². The number of nitrogens with zero attached hydrogens (tertiary/aromatic N) is 5. The smallest absolute Gasteiger partial charge is 0.220 e. The zero-order valence-corrected chi connectivity index (χ0v) is 19.2. The number of hydrogen-bond donors (Lipinski definition) is 1. The fourth-order valence-electron chi connectivity index (χ4n) is 5.78. The first-order valence-corrected chi connectivity index (χ1v) is 11.9. The van der Waals surface area contributed by atoms with Crippen molar-refractivity contribution in [3.63, 3.8) is 0 Å². The largest absolute Gasteiger partial charge is 0.359 e. The molecule has 0 saturated heterocycles. The molecule has 3 aromatic heterocycles. The summed E-state index contributed by atoms with van der Waals surface area (Å²) in [5.74, 6) is 1.42. The van der Waals surface area contributed by atoms with Crippen LogP contribution in [0.15, 0.2) is 48.9 Å². The van der Waals surface area contributed by atoms with E-state index in [1.54, 1.807) is 30.0 Å². The van der Waals surface area contributed by atoms with Gasteiger partial charge in [-0.25, -0.2) is 18.9 Å². The molecule has 1 fully saturated rings. The minimum Gasteiger partial charge on any atom is -0.359 e. The number of amides is 1. The number of carbonyl (C=O) groups is 1. The first-order valence-electron chi connectivity index (χ1n) is 11.9. The molecule has 1 aromatic carbocycles. The molecule has 4 heterocycles. The van der Waals surface area contributed by atoms with E-state index >= 15 is 0 Å². The number of benzene rings is 1. The van der Waals surface area contributed by atoms with E-state index in [9.17, 15) is 9.18 Å². The highest BCUT2D eigenvalue weighted by Gasteiger charge is 2.43. The minimum absolute atomic E-state index is 0.134. The maximum Gasteiger partial charge on any atom is 0.220 e. The number of aromatic nitrogens is 5. The van der Waals surface area contributed by atoms with E-state index in [1.807, 2.05) is 12.3 Å². The summed E-state index contributed by atoms with van der Waals surface area (Å²) in [6, 6.07) is 10.6. The summed E-state index contributed by atoms with van der Waals surface area (Å²) in [5.41, 5.74) is 4.82. The lowest BCUT2D eigenvalue weighted by atomic mass is 9.69. The Balaban J connectivity index is 1.36. The van der Waals surface area contributed by atoms with Crippen LogP contribution in [0.3, 0.4) is 0 Å². The molecule has 1 spiro atoms. The molecule has 2 aliphatic rings. The van der Waals surface area contributed by atoms with Gasteiger partial charge < -0.3 is 9.88 Å². The van der Waals surface area contributed by atoms with Gasteiger partial charge in [0.15, 0.2) is 5.65 Å². The standard InChI is InChI=1S/C26H27FN6O/c1-28-23(34)12-17-8-10-26(11-9-17)13-22-31-24(18-2-5-20(27)6-3-18)25(32(22)15-26)19-4-7-21-29-16-30-33(21)14-19/h2-7,14,16-17H,8-13,15H2,1H3,(H,28,34). The molecule has 1 N–H and O–H groups in total. The molecule has 0 radical (unpaired) electrons. The van der Waals surface area contributed by atoms with E-state index < -0.39 is 0 Å². The number of halogens is 1. The average Bonchev–Trinajstić information content (AvgIpc) is 3.53. The van der Waals surface area contributed by atoms with Crippen molar-refractivity contribution >= 4 is 11.6 Å². The van der Waals surface area contributed by atoms with Crippen molar-refractivity contribution in [3.8, 4) is 22.5 Å². The third-order valence-corrected chi connectivity index (χ3v) is 7.66. The Hall–Kier alpha value is -3.55. The lowest BCUT2D eigenvalue weighted by Gasteiger charge is -2.36. The van der Waals surface area contributed by atoms with Crippen molar-refractivity contribution in [1.29, 1.82) is 0 Å². The van der Waals surface area contributed by atoms with Crippen LogP contribution in [0.4, 0.5) is 4.39 Å². The van der Waals surface area contributed by atoms with E-state index in [4.69, 9.17) is 4.98 Å². The summed E-state index contributed by atoms with van der Waals surface area (Å²) in [7, 11) is 1.71. The Bertz CT molecular complexity index is 1360. The van der Waals surface area contributed by atoms with Gasteiger partial charge in [-0.2, -0.15) is 5.10 Å². The predicted molar refractivity (Wildman–Crippen MR) is 126 cm³/mol. The maximum absolute atomic E-state index is 13.6. The molecule has 174 valence electrons. The number of carbonyl (C=O) groups excluding carboxylic acids is 1. The first kappa shape index (κ1) is 21.0. The second-order valence-electron chi connectivity index (χ2n) is 9.80. The molecule has 4 aromatic rings. The van der Waals surface area contributed by atoms with Gasteiger partial charge in [-0.15, -0.1) is 0 Å². The maximum atomic E-state index is 13.6. The van der Waals surface area contributed by atoms with E-state index in [2.05, 4.69) is 26.0 Å². The van der Waals surface area contributed by atoms with Crippen molar-refractivity contribution in [2.45, 2.75) is 45.1 Å². The summed E-state index contributed by atoms with van der Waals surface area (Å²) < 4.78 is 17.8. The molecule has 1 saturated carbocycles. The fourth-order valence-corrected chi connectivity index (χ4v) is 5.78. The first-order chi connectivity index (χ1) is 16.5. The molecule has 1 amide bonds. The third-order valence-electron chi connectivity index (χ3n) is 7.66. The normalized spacial score (nSPS) is 21.8. The van der Waals surface area contributed by atoms with Crippen LogP contribution in [-0.4, -0.2) is 37.1 Å². The van der Waals surface area contributed by atoms with Crippen molar-refractivity contribution in [3.05, 3.63) is 60.6 Å². The Labute approximate surface area is 197 Å². The molecule has 0 bridgehead atoms. The van der Waals surface area contributed by atoms with Crippen molar-refractivity contribution in [2.75, 3.05) is 7.05 Å². The fraction of sp³-hybridized carbons (Fsp3) is 0.385. The molecule has 1 aliphatic carbocycles. The molecule has 8 heteroatoms. The number of hydrogen-bond acceptors (Lipinski definition) is 4. The quantitative estimate of drug-likeness (QED) is 0.496. The van der Waals surface area contributed by atoms with Crippen LogP contribution < -0.4 is 5.32 Å². The Morgan fingerprint density at radius 3 is 2.68 bits per heavy atom. The number of fused-ring (bicyclic) bond motifs is 2. The highest BCUT2D eigenvalue weighted by Crippen LogP contribution is 2.49. The predicted octanol–water partition coefficient (Wildman–Crippen LogP) is 4.27. The number of nitrogens with one attached hydrogen (secondary N) is 1.